The second kappa shape index (κ2) is 8.41. The van der Waals surface area contributed by atoms with Crippen molar-refractivity contribution in [1.82, 2.24) is 5.32 Å². The van der Waals surface area contributed by atoms with Crippen LogP contribution in [0.1, 0.15) is 37.9 Å². The minimum absolute atomic E-state index is 0.0514. The molecule has 2 amide bonds. The molecule has 0 aromatic heterocycles. The molecule has 1 unspecified atom stereocenters. The fourth-order valence-electron chi connectivity index (χ4n) is 2.24. The van der Waals surface area contributed by atoms with E-state index < -0.39 is 0 Å². The molecular formula is C19H20ClN3O2. The fourth-order valence-corrected chi connectivity index (χ4v) is 2.37. The van der Waals surface area contributed by atoms with Crippen LogP contribution < -0.4 is 15.4 Å². The van der Waals surface area contributed by atoms with Crippen LogP contribution in [0.3, 0.4) is 0 Å². The van der Waals surface area contributed by atoms with Crippen LogP contribution >= 0.6 is 11.6 Å². The highest BCUT2D eigenvalue weighted by molar-refractivity contribution is 6.30. The Morgan fingerprint density at radius 2 is 1.84 bits per heavy atom. The van der Waals surface area contributed by atoms with Gasteiger partial charge in [-0.1, -0.05) is 23.7 Å². The lowest BCUT2D eigenvalue weighted by atomic mass is 10.1. The van der Waals surface area contributed by atoms with E-state index >= 15 is 0 Å². The van der Waals surface area contributed by atoms with Crippen molar-refractivity contribution in [1.29, 1.82) is 5.26 Å². The normalized spacial score (nSPS) is 11.5. The maximum absolute atomic E-state index is 12.3. The Morgan fingerprint density at radius 1 is 1.16 bits per heavy atom. The summed E-state index contributed by atoms with van der Waals surface area (Å²) in [6.07, 6.45) is -0.0514. The molecule has 0 saturated heterocycles. The summed E-state index contributed by atoms with van der Waals surface area (Å²) in [5.41, 5.74) is 1.83. The van der Waals surface area contributed by atoms with Crippen molar-refractivity contribution >= 4 is 23.3 Å². The van der Waals surface area contributed by atoms with E-state index in [0.29, 0.717) is 22.0 Å². The van der Waals surface area contributed by atoms with Crippen molar-refractivity contribution in [3.8, 4) is 11.8 Å². The average molecular weight is 358 g/mol. The van der Waals surface area contributed by atoms with Crippen molar-refractivity contribution in [2.75, 3.05) is 5.32 Å². The summed E-state index contributed by atoms with van der Waals surface area (Å²) in [7, 11) is 0. The summed E-state index contributed by atoms with van der Waals surface area (Å²) in [5, 5.41) is 15.3. The Morgan fingerprint density at radius 3 is 2.44 bits per heavy atom. The first-order valence-electron chi connectivity index (χ1n) is 7.93. The molecule has 2 N–H and O–H groups in total. The largest absolute Gasteiger partial charge is 0.489 e. The number of hydrogen-bond acceptors (Lipinski definition) is 3. The molecule has 0 aliphatic heterocycles. The van der Waals surface area contributed by atoms with Crippen LogP contribution in [0, 0.1) is 11.3 Å². The zero-order valence-corrected chi connectivity index (χ0v) is 15.1. The predicted octanol–water partition coefficient (Wildman–Crippen LogP) is 4.88. The molecule has 6 heteroatoms. The van der Waals surface area contributed by atoms with E-state index in [2.05, 4.69) is 16.7 Å². The van der Waals surface area contributed by atoms with Crippen LogP contribution in [-0.2, 0) is 0 Å². The number of rotatable bonds is 5. The van der Waals surface area contributed by atoms with E-state index in [-0.39, 0.29) is 18.2 Å². The van der Waals surface area contributed by atoms with Crippen LogP contribution in [0.5, 0.6) is 5.75 Å². The highest BCUT2D eigenvalue weighted by atomic mass is 35.5. The molecule has 1 atom stereocenters. The standard InChI is InChI=1S/C19H20ClN3O2/c1-12(2)25-18-9-4-14(11-21)10-17(18)23-19(24)22-13(3)15-5-7-16(20)8-6-15/h4-10,12-13H,1-3H3,(H2,22,23,24). The number of benzene rings is 2. The monoisotopic (exact) mass is 357 g/mol. The SMILES string of the molecule is CC(C)Oc1ccc(C#N)cc1NC(=O)NC(C)c1ccc(Cl)cc1. The van der Waals surface area contributed by atoms with E-state index in [4.69, 9.17) is 21.6 Å². The Labute approximate surface area is 152 Å². The zero-order valence-electron chi connectivity index (χ0n) is 14.3. The molecule has 0 aliphatic rings. The lowest BCUT2D eigenvalue weighted by Gasteiger charge is -2.18. The molecule has 2 aromatic carbocycles. The molecule has 2 aromatic rings. The van der Waals surface area contributed by atoms with Gasteiger partial charge in [0.2, 0.25) is 0 Å². The summed E-state index contributed by atoms with van der Waals surface area (Å²) in [5.74, 6) is 0.517. The van der Waals surface area contributed by atoms with Gasteiger partial charge in [0.15, 0.2) is 0 Å². The third-order valence-corrected chi connectivity index (χ3v) is 3.69. The van der Waals surface area contributed by atoms with Crippen molar-refractivity contribution in [2.45, 2.75) is 32.9 Å². The van der Waals surface area contributed by atoms with Crippen LogP contribution in [0.2, 0.25) is 5.02 Å². The molecule has 0 heterocycles. The second-order valence-corrected chi connectivity index (χ2v) is 6.30. The number of nitriles is 1. The summed E-state index contributed by atoms with van der Waals surface area (Å²) in [4.78, 5) is 12.3. The van der Waals surface area contributed by atoms with Gasteiger partial charge in [0.05, 0.1) is 29.5 Å². The maximum Gasteiger partial charge on any atom is 0.319 e. The van der Waals surface area contributed by atoms with Crippen LogP contribution in [0.25, 0.3) is 0 Å². The van der Waals surface area contributed by atoms with E-state index in [9.17, 15) is 4.79 Å². The van der Waals surface area contributed by atoms with Gasteiger partial charge in [0, 0.05) is 5.02 Å². The molecule has 25 heavy (non-hydrogen) atoms. The van der Waals surface area contributed by atoms with Gasteiger partial charge in [0.1, 0.15) is 5.75 Å². The first-order chi connectivity index (χ1) is 11.9. The molecular weight excluding hydrogens is 338 g/mol. The van der Waals surface area contributed by atoms with Crippen LogP contribution in [0.4, 0.5) is 10.5 Å². The number of ether oxygens (including phenoxy) is 1. The van der Waals surface area contributed by atoms with Gasteiger partial charge >= 0.3 is 6.03 Å². The Balaban J connectivity index is 2.11. The molecule has 0 radical (unpaired) electrons. The average Bonchev–Trinajstić information content (AvgIpc) is 2.56. The van der Waals surface area contributed by atoms with Gasteiger partial charge in [-0.15, -0.1) is 0 Å². The van der Waals surface area contributed by atoms with Crippen LogP contribution in [0.15, 0.2) is 42.5 Å². The minimum atomic E-state index is -0.383. The van der Waals surface area contributed by atoms with Gasteiger partial charge in [0.25, 0.3) is 0 Å². The van der Waals surface area contributed by atoms with Gasteiger partial charge < -0.3 is 15.4 Å². The molecule has 2 rings (SSSR count). The third kappa shape index (κ3) is 5.40. The van der Waals surface area contributed by atoms with Crippen molar-refractivity contribution in [3.05, 3.63) is 58.6 Å². The number of halogens is 1. The van der Waals surface area contributed by atoms with Crippen molar-refractivity contribution in [2.24, 2.45) is 0 Å². The quantitative estimate of drug-likeness (QED) is 0.800. The number of carbonyl (C=O) groups is 1. The number of urea groups is 1. The first kappa shape index (κ1) is 18.6. The lowest BCUT2D eigenvalue weighted by Crippen LogP contribution is -2.31. The summed E-state index contributed by atoms with van der Waals surface area (Å²) in [6.45, 7) is 5.66. The van der Waals surface area contributed by atoms with E-state index in [0.717, 1.165) is 5.56 Å². The highest BCUT2D eigenvalue weighted by Gasteiger charge is 2.13. The summed E-state index contributed by atoms with van der Waals surface area (Å²) in [6, 6.07) is 13.6. The van der Waals surface area contributed by atoms with Crippen LogP contribution in [-0.4, -0.2) is 12.1 Å². The summed E-state index contributed by atoms with van der Waals surface area (Å²) >= 11 is 5.88. The molecule has 0 aliphatic carbocycles. The van der Waals surface area contributed by atoms with E-state index in [1.54, 1.807) is 30.3 Å². The van der Waals surface area contributed by atoms with Crippen molar-refractivity contribution < 1.29 is 9.53 Å². The smallest absolute Gasteiger partial charge is 0.319 e. The first-order valence-corrected chi connectivity index (χ1v) is 8.30. The molecule has 0 spiro atoms. The van der Waals surface area contributed by atoms with Gasteiger partial charge in [-0.05, 0) is 56.7 Å². The third-order valence-electron chi connectivity index (χ3n) is 3.44. The van der Waals surface area contributed by atoms with E-state index in [1.807, 2.05) is 32.9 Å². The zero-order chi connectivity index (χ0) is 18.4. The van der Waals surface area contributed by atoms with Gasteiger partial charge in [-0.2, -0.15) is 5.26 Å². The number of nitrogens with one attached hydrogen (secondary N) is 2. The van der Waals surface area contributed by atoms with Gasteiger partial charge in [-0.3, -0.25) is 0 Å². The minimum Gasteiger partial charge on any atom is -0.489 e. The summed E-state index contributed by atoms with van der Waals surface area (Å²) < 4.78 is 5.68. The lowest BCUT2D eigenvalue weighted by molar-refractivity contribution is 0.241. The van der Waals surface area contributed by atoms with Crippen molar-refractivity contribution in [3.63, 3.8) is 0 Å². The molecule has 5 nitrogen and oxygen atoms in total. The fraction of sp³-hybridized carbons (Fsp3) is 0.263. The Hall–Kier alpha value is -2.71. The van der Waals surface area contributed by atoms with Gasteiger partial charge in [-0.25, -0.2) is 4.79 Å². The topological polar surface area (TPSA) is 74.1 Å². The molecule has 0 bridgehead atoms. The number of hydrogen-bond donors (Lipinski definition) is 2. The number of amides is 2. The Kier molecular flexibility index (Phi) is 6.26. The molecule has 0 fully saturated rings. The second-order valence-electron chi connectivity index (χ2n) is 5.86. The number of carbonyl (C=O) groups excluding carboxylic acids is 1. The Bertz CT molecular complexity index is 782. The maximum atomic E-state index is 12.3. The number of nitrogens with zero attached hydrogens (tertiary/aromatic N) is 1. The molecule has 130 valence electrons. The van der Waals surface area contributed by atoms with E-state index in [1.165, 1.54) is 0 Å². The number of anilines is 1. The highest BCUT2D eigenvalue weighted by Crippen LogP contribution is 2.27. The predicted molar refractivity (Wildman–Crippen MR) is 98.9 cm³/mol. The molecule has 0 saturated carbocycles.